The number of hydrogen-bond donors (Lipinski definition) is 1. The van der Waals surface area contributed by atoms with Gasteiger partial charge in [0.25, 0.3) is 5.69 Å². The van der Waals surface area contributed by atoms with E-state index in [-0.39, 0.29) is 21.5 Å². The fourth-order valence-electron chi connectivity index (χ4n) is 1.36. The Morgan fingerprint density at radius 1 is 1.50 bits per heavy atom. The summed E-state index contributed by atoms with van der Waals surface area (Å²) in [6.45, 7) is 3.49. The second-order valence-electron chi connectivity index (χ2n) is 3.97. The van der Waals surface area contributed by atoms with Crippen LogP contribution < -0.4 is 0 Å². The van der Waals surface area contributed by atoms with Gasteiger partial charge in [-0.3, -0.25) is 14.9 Å². The Labute approximate surface area is 113 Å². The Morgan fingerprint density at radius 2 is 2.11 bits per heavy atom. The van der Waals surface area contributed by atoms with Crippen molar-refractivity contribution in [3.8, 4) is 0 Å². The standard InChI is InChI=1S/C11H12ClNO4S/c1-6(2)9(11(14)15)18-10-7(12)4-3-5-8(10)13(16)17/h3-6,9H,1-2H3,(H,14,15). The van der Waals surface area contributed by atoms with Crippen LogP contribution in [0.2, 0.25) is 5.02 Å². The second-order valence-corrected chi connectivity index (χ2v) is 5.52. The predicted octanol–water partition coefficient (Wildman–Crippen LogP) is 3.45. The summed E-state index contributed by atoms with van der Waals surface area (Å²) in [4.78, 5) is 21.6. The molecule has 1 atom stereocenters. The lowest BCUT2D eigenvalue weighted by molar-refractivity contribution is -0.387. The normalized spacial score (nSPS) is 12.4. The first-order chi connectivity index (χ1) is 8.34. The largest absolute Gasteiger partial charge is 0.480 e. The number of carboxylic acids is 1. The van der Waals surface area contributed by atoms with Gasteiger partial charge in [-0.2, -0.15) is 0 Å². The third-order valence-electron chi connectivity index (χ3n) is 2.24. The molecule has 0 spiro atoms. The summed E-state index contributed by atoms with van der Waals surface area (Å²) in [5.74, 6) is -1.17. The molecule has 0 bridgehead atoms. The molecule has 0 heterocycles. The van der Waals surface area contributed by atoms with E-state index in [4.69, 9.17) is 16.7 Å². The molecule has 0 radical (unpaired) electrons. The number of benzene rings is 1. The van der Waals surface area contributed by atoms with E-state index in [9.17, 15) is 14.9 Å². The van der Waals surface area contributed by atoms with Crippen LogP contribution in [0.25, 0.3) is 0 Å². The van der Waals surface area contributed by atoms with Gasteiger partial charge >= 0.3 is 5.97 Å². The van der Waals surface area contributed by atoms with Crippen molar-refractivity contribution in [2.75, 3.05) is 0 Å². The summed E-state index contributed by atoms with van der Waals surface area (Å²) in [7, 11) is 0. The Kier molecular flexibility index (Phi) is 4.98. The molecule has 0 aliphatic rings. The SMILES string of the molecule is CC(C)C(Sc1c(Cl)cccc1[N+](=O)[O-])C(=O)O. The molecule has 0 aliphatic heterocycles. The molecule has 1 aromatic carbocycles. The van der Waals surface area contributed by atoms with Gasteiger partial charge in [-0.15, -0.1) is 11.8 Å². The molecule has 0 fully saturated rings. The fraction of sp³-hybridized carbons (Fsp3) is 0.364. The van der Waals surface area contributed by atoms with Crippen LogP contribution >= 0.6 is 23.4 Å². The molecule has 0 amide bonds. The maximum atomic E-state index is 11.1. The van der Waals surface area contributed by atoms with Gasteiger partial charge in [0.05, 0.1) is 9.95 Å². The number of carbonyl (C=O) groups is 1. The maximum Gasteiger partial charge on any atom is 0.317 e. The molecule has 18 heavy (non-hydrogen) atoms. The van der Waals surface area contributed by atoms with E-state index >= 15 is 0 Å². The number of aliphatic carboxylic acids is 1. The monoisotopic (exact) mass is 289 g/mol. The minimum atomic E-state index is -1.01. The summed E-state index contributed by atoms with van der Waals surface area (Å²) in [5.41, 5.74) is -0.167. The first kappa shape index (κ1) is 14.8. The third kappa shape index (κ3) is 3.36. The molecule has 1 N–H and O–H groups in total. The van der Waals surface area contributed by atoms with Crippen molar-refractivity contribution in [3.63, 3.8) is 0 Å². The van der Waals surface area contributed by atoms with Gasteiger partial charge in [-0.05, 0) is 12.0 Å². The minimum absolute atomic E-state index is 0.164. The highest BCUT2D eigenvalue weighted by atomic mass is 35.5. The van der Waals surface area contributed by atoms with E-state index in [0.29, 0.717) is 0 Å². The number of nitrogens with zero attached hydrogens (tertiary/aromatic N) is 1. The molecule has 1 rings (SSSR count). The summed E-state index contributed by atoms with van der Waals surface area (Å²) in [6, 6.07) is 4.29. The number of nitro benzene ring substituents is 1. The highest BCUT2D eigenvalue weighted by Crippen LogP contribution is 2.39. The van der Waals surface area contributed by atoms with Crippen molar-refractivity contribution in [2.45, 2.75) is 24.0 Å². The second kappa shape index (κ2) is 6.06. The van der Waals surface area contributed by atoms with Crippen LogP contribution in [0.3, 0.4) is 0 Å². The van der Waals surface area contributed by atoms with Gasteiger partial charge in [-0.1, -0.05) is 31.5 Å². The van der Waals surface area contributed by atoms with Crippen LogP contribution in [0.15, 0.2) is 23.1 Å². The summed E-state index contributed by atoms with van der Waals surface area (Å²) < 4.78 is 0. The average Bonchev–Trinajstić information content (AvgIpc) is 2.25. The van der Waals surface area contributed by atoms with E-state index < -0.39 is 16.1 Å². The average molecular weight is 290 g/mol. The zero-order valence-corrected chi connectivity index (χ0v) is 11.4. The Balaban J connectivity index is 3.16. The van der Waals surface area contributed by atoms with Gasteiger partial charge in [0.2, 0.25) is 0 Å². The molecular formula is C11H12ClNO4S. The molecule has 0 aromatic heterocycles. The fourth-order valence-corrected chi connectivity index (χ4v) is 2.73. The number of hydrogen-bond acceptors (Lipinski definition) is 4. The number of halogens is 1. The lowest BCUT2D eigenvalue weighted by atomic mass is 10.1. The van der Waals surface area contributed by atoms with Crippen LogP contribution in [0.4, 0.5) is 5.69 Å². The van der Waals surface area contributed by atoms with Crippen molar-refractivity contribution in [1.29, 1.82) is 0 Å². The van der Waals surface area contributed by atoms with Crippen molar-refractivity contribution >= 4 is 35.0 Å². The molecule has 0 aliphatic carbocycles. The number of carboxylic acid groups (broad SMARTS) is 1. The van der Waals surface area contributed by atoms with Crippen molar-refractivity contribution in [1.82, 2.24) is 0 Å². The molecule has 5 nitrogen and oxygen atoms in total. The molecule has 0 saturated carbocycles. The Hall–Kier alpha value is -1.27. The molecule has 98 valence electrons. The predicted molar refractivity (Wildman–Crippen MR) is 70.2 cm³/mol. The van der Waals surface area contributed by atoms with E-state index in [1.54, 1.807) is 13.8 Å². The van der Waals surface area contributed by atoms with Gasteiger partial charge in [0, 0.05) is 6.07 Å². The van der Waals surface area contributed by atoms with Crippen LogP contribution in [-0.4, -0.2) is 21.2 Å². The van der Waals surface area contributed by atoms with Crippen LogP contribution in [-0.2, 0) is 4.79 Å². The van der Waals surface area contributed by atoms with Crippen molar-refractivity contribution in [2.24, 2.45) is 5.92 Å². The minimum Gasteiger partial charge on any atom is -0.480 e. The summed E-state index contributed by atoms with van der Waals surface area (Å²) >= 11 is 6.82. The Bertz CT molecular complexity index is 478. The molecular weight excluding hydrogens is 278 g/mol. The summed E-state index contributed by atoms with van der Waals surface area (Å²) in [5, 5.41) is 19.4. The highest BCUT2D eigenvalue weighted by Gasteiger charge is 2.28. The van der Waals surface area contributed by atoms with E-state index in [1.165, 1.54) is 18.2 Å². The third-order valence-corrected chi connectivity index (χ3v) is 4.33. The maximum absolute atomic E-state index is 11.1. The molecule has 1 unspecified atom stereocenters. The zero-order valence-electron chi connectivity index (χ0n) is 9.79. The topological polar surface area (TPSA) is 80.4 Å². The number of thioether (sulfide) groups is 1. The van der Waals surface area contributed by atoms with Crippen LogP contribution in [0.5, 0.6) is 0 Å². The van der Waals surface area contributed by atoms with Crippen LogP contribution in [0.1, 0.15) is 13.8 Å². The molecule has 7 heteroatoms. The first-order valence-corrected chi connectivity index (χ1v) is 6.42. The lowest BCUT2D eigenvalue weighted by Crippen LogP contribution is -2.22. The lowest BCUT2D eigenvalue weighted by Gasteiger charge is -2.16. The van der Waals surface area contributed by atoms with Gasteiger partial charge in [0.1, 0.15) is 10.1 Å². The Morgan fingerprint density at radius 3 is 2.56 bits per heavy atom. The van der Waals surface area contributed by atoms with E-state index in [0.717, 1.165) is 11.8 Å². The zero-order chi connectivity index (χ0) is 13.9. The van der Waals surface area contributed by atoms with E-state index in [2.05, 4.69) is 0 Å². The quantitative estimate of drug-likeness (QED) is 0.510. The van der Waals surface area contributed by atoms with Gasteiger partial charge < -0.3 is 5.11 Å². The van der Waals surface area contributed by atoms with Gasteiger partial charge in [-0.25, -0.2) is 0 Å². The molecule has 1 aromatic rings. The van der Waals surface area contributed by atoms with Gasteiger partial charge in [0.15, 0.2) is 0 Å². The van der Waals surface area contributed by atoms with E-state index in [1.807, 2.05) is 0 Å². The van der Waals surface area contributed by atoms with Crippen molar-refractivity contribution < 1.29 is 14.8 Å². The molecule has 0 saturated heterocycles. The smallest absolute Gasteiger partial charge is 0.317 e. The highest BCUT2D eigenvalue weighted by molar-refractivity contribution is 8.00. The number of rotatable bonds is 5. The van der Waals surface area contributed by atoms with Crippen LogP contribution in [0, 0.1) is 16.0 Å². The first-order valence-electron chi connectivity index (χ1n) is 5.17. The summed E-state index contributed by atoms with van der Waals surface area (Å²) in [6.07, 6.45) is 0. The number of nitro groups is 1. The van der Waals surface area contributed by atoms with Crippen molar-refractivity contribution in [3.05, 3.63) is 33.3 Å².